The first-order valence-electron chi connectivity index (χ1n) is 30.8. The first-order chi connectivity index (χ1) is 35.9. The number of likely N-dealkylation sites (N-methyl/N-ethyl adjacent to an activating group) is 1. The molecule has 0 aliphatic rings. The Balaban J connectivity index is 5.33. The van der Waals surface area contributed by atoms with Crippen LogP contribution in [0.2, 0.25) is 0 Å². The van der Waals surface area contributed by atoms with Gasteiger partial charge in [-0.3, -0.25) is 18.6 Å². The first kappa shape index (κ1) is 71.5. The molecule has 0 rings (SSSR count). The zero-order valence-electron chi connectivity index (χ0n) is 49.1. The fourth-order valence-electron chi connectivity index (χ4n) is 8.68. The zero-order chi connectivity index (χ0) is 54.3. The van der Waals surface area contributed by atoms with Crippen molar-refractivity contribution < 1.29 is 37.3 Å². The number of hydrogen-bond acceptors (Lipinski definition) is 6. The van der Waals surface area contributed by atoms with E-state index in [9.17, 15) is 19.0 Å². The van der Waals surface area contributed by atoms with E-state index in [2.05, 4.69) is 86.8 Å². The molecule has 3 atom stereocenters. The lowest BCUT2D eigenvalue weighted by Gasteiger charge is -2.27. The van der Waals surface area contributed by atoms with Gasteiger partial charge in [-0.1, -0.05) is 261 Å². The smallest absolute Gasteiger partial charge is 0.456 e. The number of phosphoric acid groups is 1. The van der Waals surface area contributed by atoms with Crippen LogP contribution in [0.3, 0.4) is 0 Å². The normalized spacial score (nSPS) is 14.2. The van der Waals surface area contributed by atoms with Gasteiger partial charge in [-0.25, -0.2) is 4.57 Å². The number of esters is 1. The Morgan fingerprint density at radius 2 is 0.878 bits per heavy atom. The molecule has 430 valence electrons. The van der Waals surface area contributed by atoms with Crippen molar-refractivity contribution in [2.24, 2.45) is 0 Å². The second-order valence-electron chi connectivity index (χ2n) is 21.9. The van der Waals surface area contributed by atoms with Crippen LogP contribution in [0.15, 0.2) is 72.9 Å². The number of ether oxygens (including phenoxy) is 1. The standard InChI is InChI=1S/C64H117N2O7P/c1-7-10-13-16-19-22-25-28-30-32-33-35-37-39-42-45-48-51-54-57-64(68)73-62(55-52-49-46-43-40-27-24-21-18-15-12-9-3)61(60-72-74(69,70)71-59-58-66(4,5)6)65-63(67)56-53-50-47-44-41-38-36-34-31-29-26-23-20-17-14-11-8-2/h11,14,20,23,29,31,36,38,44,47,52,55,61-62H,7-10,12-13,15-19,21-22,24-28,30,32-35,37,39-43,45-46,48-51,53-54,56-60H2,1-6H3,(H-,65,67,69,70)/p+1/b14-11-,23-20-,31-29-,38-36-,47-44-,55-52+. The molecule has 0 aliphatic carbocycles. The number of rotatable bonds is 55. The lowest BCUT2D eigenvalue weighted by Crippen LogP contribution is -2.47. The van der Waals surface area contributed by atoms with E-state index in [1.807, 2.05) is 33.3 Å². The largest absolute Gasteiger partial charge is 0.472 e. The van der Waals surface area contributed by atoms with E-state index in [-0.39, 0.29) is 37.9 Å². The SMILES string of the molecule is CC/C=C\C/C=C\C/C=C\C/C=C\C/C=C\CCCC(=O)NC(COP(=O)(O)OCC[N+](C)(C)C)C(/C=C/CCCCCCCCCCCC)OC(=O)CCCCCCCCCCCCCCCCCCCCC. The molecule has 0 radical (unpaired) electrons. The Kier molecular flexibility index (Phi) is 52.0. The van der Waals surface area contributed by atoms with Gasteiger partial charge < -0.3 is 19.4 Å². The molecule has 0 bridgehead atoms. The highest BCUT2D eigenvalue weighted by Gasteiger charge is 2.30. The van der Waals surface area contributed by atoms with Gasteiger partial charge in [0.2, 0.25) is 5.91 Å². The van der Waals surface area contributed by atoms with Gasteiger partial charge >= 0.3 is 13.8 Å². The highest BCUT2D eigenvalue weighted by atomic mass is 31.2. The number of unbranched alkanes of at least 4 members (excludes halogenated alkanes) is 29. The van der Waals surface area contributed by atoms with E-state index in [1.165, 1.54) is 154 Å². The maximum atomic E-state index is 13.5. The van der Waals surface area contributed by atoms with Gasteiger partial charge in [0.15, 0.2) is 0 Å². The molecule has 0 aromatic rings. The molecule has 0 saturated heterocycles. The topological polar surface area (TPSA) is 111 Å². The average Bonchev–Trinajstić information content (AvgIpc) is 3.36. The van der Waals surface area contributed by atoms with Crippen molar-refractivity contribution in [3.8, 4) is 0 Å². The zero-order valence-corrected chi connectivity index (χ0v) is 50.0. The number of carbonyl (C=O) groups excluding carboxylic acids is 2. The molecule has 3 unspecified atom stereocenters. The Labute approximate surface area is 457 Å². The van der Waals surface area contributed by atoms with Crippen LogP contribution in [0.25, 0.3) is 0 Å². The minimum absolute atomic E-state index is 0.0285. The van der Waals surface area contributed by atoms with Gasteiger partial charge in [0.05, 0.1) is 33.8 Å². The Bertz CT molecular complexity index is 1500. The first-order valence-corrected chi connectivity index (χ1v) is 32.3. The van der Waals surface area contributed by atoms with Crippen molar-refractivity contribution >= 4 is 19.7 Å². The summed E-state index contributed by atoms with van der Waals surface area (Å²) in [7, 11) is 1.46. The third-order valence-electron chi connectivity index (χ3n) is 13.4. The lowest BCUT2D eigenvalue weighted by atomic mass is 10.0. The number of amides is 1. The van der Waals surface area contributed by atoms with E-state index in [4.69, 9.17) is 13.8 Å². The summed E-state index contributed by atoms with van der Waals surface area (Å²) < 4.78 is 30.6. The van der Waals surface area contributed by atoms with Crippen molar-refractivity contribution in [2.75, 3.05) is 40.9 Å². The summed E-state index contributed by atoms with van der Waals surface area (Å²) in [4.78, 5) is 37.7. The number of hydrogen-bond donors (Lipinski definition) is 2. The number of phosphoric ester groups is 1. The molecule has 0 aromatic heterocycles. The summed E-state index contributed by atoms with van der Waals surface area (Å²) in [6.45, 7) is 6.87. The number of carbonyl (C=O) groups is 2. The summed E-state index contributed by atoms with van der Waals surface area (Å²) in [5.74, 6) is -0.567. The number of nitrogens with one attached hydrogen (secondary N) is 1. The van der Waals surface area contributed by atoms with Gasteiger partial charge in [0.1, 0.15) is 19.3 Å². The van der Waals surface area contributed by atoms with Crippen LogP contribution in [-0.4, -0.2) is 74.3 Å². The lowest BCUT2D eigenvalue weighted by molar-refractivity contribution is -0.870. The number of quaternary nitrogens is 1. The van der Waals surface area contributed by atoms with Gasteiger partial charge in [0, 0.05) is 12.8 Å². The van der Waals surface area contributed by atoms with E-state index in [1.54, 1.807) is 0 Å². The van der Waals surface area contributed by atoms with Gasteiger partial charge in [-0.05, 0) is 70.3 Å². The Morgan fingerprint density at radius 3 is 1.31 bits per heavy atom. The number of allylic oxidation sites excluding steroid dienone is 11. The van der Waals surface area contributed by atoms with Crippen molar-refractivity contribution in [3.05, 3.63) is 72.9 Å². The van der Waals surface area contributed by atoms with Crippen molar-refractivity contribution in [3.63, 3.8) is 0 Å². The fourth-order valence-corrected chi connectivity index (χ4v) is 9.42. The molecule has 9 nitrogen and oxygen atoms in total. The van der Waals surface area contributed by atoms with Crippen LogP contribution < -0.4 is 5.32 Å². The molecular formula is C64H118N2O7P+. The Morgan fingerprint density at radius 1 is 0.486 bits per heavy atom. The van der Waals surface area contributed by atoms with Crippen molar-refractivity contribution in [1.29, 1.82) is 0 Å². The highest BCUT2D eigenvalue weighted by Crippen LogP contribution is 2.43. The third-order valence-corrected chi connectivity index (χ3v) is 14.4. The molecule has 74 heavy (non-hydrogen) atoms. The fraction of sp³-hybridized carbons (Fsp3) is 0.781. The molecule has 2 N–H and O–H groups in total. The summed E-state index contributed by atoms with van der Waals surface area (Å²) in [5.41, 5.74) is 0. The van der Waals surface area contributed by atoms with Crippen molar-refractivity contribution in [1.82, 2.24) is 5.32 Å². The van der Waals surface area contributed by atoms with Gasteiger partial charge in [0.25, 0.3) is 0 Å². The average molecular weight is 1060 g/mol. The predicted molar refractivity (Wildman–Crippen MR) is 318 cm³/mol. The second kappa shape index (κ2) is 53.8. The van der Waals surface area contributed by atoms with Gasteiger partial charge in [-0.15, -0.1) is 0 Å². The maximum Gasteiger partial charge on any atom is 0.472 e. The molecule has 0 aliphatic heterocycles. The van der Waals surface area contributed by atoms with E-state index < -0.39 is 20.0 Å². The van der Waals surface area contributed by atoms with Crippen LogP contribution in [0.1, 0.15) is 271 Å². The molecule has 0 aromatic carbocycles. The quantitative estimate of drug-likeness (QED) is 0.0205. The van der Waals surface area contributed by atoms with Crippen LogP contribution in [0.5, 0.6) is 0 Å². The number of nitrogens with zero attached hydrogens (tertiary/aromatic N) is 1. The Hall–Kier alpha value is -2.55. The molecule has 0 saturated carbocycles. The maximum absolute atomic E-state index is 13.5. The molecule has 0 fully saturated rings. The minimum Gasteiger partial charge on any atom is -0.456 e. The van der Waals surface area contributed by atoms with Crippen molar-refractivity contribution in [2.45, 2.75) is 283 Å². The summed E-state index contributed by atoms with van der Waals surface area (Å²) in [5, 5.41) is 3.02. The van der Waals surface area contributed by atoms with Crippen LogP contribution in [0.4, 0.5) is 0 Å². The predicted octanol–water partition coefficient (Wildman–Crippen LogP) is 18.8. The highest BCUT2D eigenvalue weighted by molar-refractivity contribution is 7.47. The second-order valence-corrected chi connectivity index (χ2v) is 23.3. The minimum atomic E-state index is -4.46. The summed E-state index contributed by atoms with van der Waals surface area (Å²) in [6, 6.07) is -0.878. The van der Waals surface area contributed by atoms with E-state index >= 15 is 0 Å². The summed E-state index contributed by atoms with van der Waals surface area (Å²) in [6.07, 6.45) is 69.1. The van der Waals surface area contributed by atoms with Crippen LogP contribution >= 0.6 is 7.82 Å². The van der Waals surface area contributed by atoms with Crippen LogP contribution in [0, 0.1) is 0 Å². The van der Waals surface area contributed by atoms with Gasteiger partial charge in [-0.2, -0.15) is 0 Å². The summed E-state index contributed by atoms with van der Waals surface area (Å²) >= 11 is 0. The third kappa shape index (κ3) is 54.2. The molecular weight excluding hydrogens is 940 g/mol. The molecule has 10 heteroatoms. The molecule has 0 heterocycles. The van der Waals surface area contributed by atoms with E-state index in [0.717, 1.165) is 77.0 Å². The monoisotopic (exact) mass is 1060 g/mol. The van der Waals surface area contributed by atoms with E-state index in [0.29, 0.717) is 17.4 Å². The molecule has 1 amide bonds. The molecule has 0 spiro atoms. The van der Waals surface area contributed by atoms with Crippen LogP contribution in [-0.2, 0) is 27.9 Å².